The zero-order valence-corrected chi connectivity index (χ0v) is 11.7. The molecule has 0 aliphatic rings. The Morgan fingerprint density at radius 2 is 2.16 bits per heavy atom. The van der Waals surface area contributed by atoms with E-state index in [2.05, 4.69) is 36.2 Å². The Morgan fingerprint density at radius 3 is 2.84 bits per heavy atom. The van der Waals surface area contributed by atoms with Crippen LogP contribution in [-0.4, -0.2) is 43.6 Å². The van der Waals surface area contributed by atoms with Gasteiger partial charge in [-0.05, 0) is 43.8 Å². The summed E-state index contributed by atoms with van der Waals surface area (Å²) in [6.45, 7) is 1.01. The number of benzene rings is 1. The third-order valence-electron chi connectivity index (χ3n) is 3.24. The maximum absolute atomic E-state index is 11.3. The number of aromatic amines is 1. The minimum atomic E-state index is -0.204. The molecule has 0 aliphatic heterocycles. The molecule has 0 atom stereocenters. The van der Waals surface area contributed by atoms with Gasteiger partial charge in [-0.2, -0.15) is 0 Å². The van der Waals surface area contributed by atoms with Crippen molar-refractivity contribution < 1.29 is 9.53 Å². The summed E-state index contributed by atoms with van der Waals surface area (Å²) < 4.78 is 4.70. The number of rotatable bonds is 5. The zero-order chi connectivity index (χ0) is 13.8. The van der Waals surface area contributed by atoms with Gasteiger partial charge in [0, 0.05) is 23.6 Å². The van der Waals surface area contributed by atoms with Crippen molar-refractivity contribution in [1.82, 2.24) is 9.88 Å². The summed E-state index contributed by atoms with van der Waals surface area (Å²) in [6, 6.07) is 6.06. The van der Waals surface area contributed by atoms with Crippen molar-refractivity contribution >= 4 is 16.9 Å². The number of carbonyl (C=O) groups is 1. The van der Waals surface area contributed by atoms with Crippen molar-refractivity contribution in [1.29, 1.82) is 0 Å². The smallest absolute Gasteiger partial charge is 0.309 e. The number of likely N-dealkylation sites (N-methyl/N-ethyl adjacent to an activating group) is 1. The van der Waals surface area contributed by atoms with Crippen LogP contribution in [0.4, 0.5) is 0 Å². The summed E-state index contributed by atoms with van der Waals surface area (Å²) in [5.74, 6) is -0.204. The molecule has 1 aromatic carbocycles. The molecule has 4 heteroatoms. The van der Waals surface area contributed by atoms with Gasteiger partial charge < -0.3 is 14.6 Å². The zero-order valence-electron chi connectivity index (χ0n) is 11.7. The monoisotopic (exact) mass is 260 g/mol. The van der Waals surface area contributed by atoms with Crippen molar-refractivity contribution in [2.45, 2.75) is 12.8 Å². The van der Waals surface area contributed by atoms with Crippen LogP contribution in [0.3, 0.4) is 0 Å². The second-order valence-electron chi connectivity index (χ2n) is 5.00. The van der Waals surface area contributed by atoms with Gasteiger partial charge in [-0.15, -0.1) is 0 Å². The van der Waals surface area contributed by atoms with Gasteiger partial charge in [0.05, 0.1) is 13.5 Å². The van der Waals surface area contributed by atoms with Crippen LogP contribution < -0.4 is 0 Å². The average molecular weight is 260 g/mol. The van der Waals surface area contributed by atoms with E-state index in [9.17, 15) is 4.79 Å². The Balaban J connectivity index is 2.24. The van der Waals surface area contributed by atoms with Crippen LogP contribution in [0.25, 0.3) is 10.9 Å². The quantitative estimate of drug-likeness (QED) is 0.836. The lowest BCUT2D eigenvalue weighted by Gasteiger charge is -2.08. The second-order valence-corrected chi connectivity index (χ2v) is 5.00. The number of H-pyrrole nitrogens is 1. The van der Waals surface area contributed by atoms with Crippen LogP contribution >= 0.6 is 0 Å². The molecule has 2 aromatic rings. The van der Waals surface area contributed by atoms with Gasteiger partial charge >= 0.3 is 5.97 Å². The topological polar surface area (TPSA) is 45.3 Å². The molecule has 1 N–H and O–H groups in total. The Labute approximate surface area is 113 Å². The lowest BCUT2D eigenvalue weighted by Crippen LogP contribution is -2.14. The predicted octanol–water partition coefficient (Wildman–Crippen LogP) is 1.99. The van der Waals surface area contributed by atoms with Crippen LogP contribution in [0.15, 0.2) is 24.4 Å². The fourth-order valence-electron chi connectivity index (χ4n) is 2.13. The molecule has 2 rings (SSSR count). The van der Waals surface area contributed by atoms with Gasteiger partial charge in [-0.1, -0.05) is 6.07 Å². The van der Waals surface area contributed by atoms with Crippen LogP contribution in [0.1, 0.15) is 11.1 Å². The SMILES string of the molecule is COC(=O)Cc1ccc2[nH]cc(CCN(C)C)c2c1. The number of nitrogens with one attached hydrogen (secondary N) is 1. The van der Waals surface area contributed by atoms with Crippen molar-refractivity contribution in [2.75, 3.05) is 27.7 Å². The summed E-state index contributed by atoms with van der Waals surface area (Å²) in [5, 5.41) is 1.20. The highest BCUT2D eigenvalue weighted by molar-refractivity contribution is 5.85. The summed E-state index contributed by atoms with van der Waals surface area (Å²) in [6.07, 6.45) is 3.37. The molecule has 0 radical (unpaired) electrons. The van der Waals surface area contributed by atoms with E-state index >= 15 is 0 Å². The maximum Gasteiger partial charge on any atom is 0.309 e. The number of hydrogen-bond donors (Lipinski definition) is 1. The number of hydrogen-bond acceptors (Lipinski definition) is 3. The normalized spacial score (nSPS) is 11.2. The number of ether oxygens (including phenoxy) is 1. The lowest BCUT2D eigenvalue weighted by molar-refractivity contribution is -0.139. The van der Waals surface area contributed by atoms with E-state index in [1.807, 2.05) is 12.1 Å². The summed E-state index contributed by atoms with van der Waals surface area (Å²) in [4.78, 5) is 16.8. The van der Waals surface area contributed by atoms with Crippen LogP contribution in [0, 0.1) is 0 Å². The Kier molecular flexibility index (Phi) is 4.22. The number of methoxy groups -OCH3 is 1. The van der Waals surface area contributed by atoms with Crippen LogP contribution in [0.2, 0.25) is 0 Å². The van der Waals surface area contributed by atoms with E-state index in [1.54, 1.807) is 0 Å². The molecule has 0 aliphatic carbocycles. The Hall–Kier alpha value is -1.81. The number of nitrogens with zero attached hydrogens (tertiary/aromatic N) is 1. The van der Waals surface area contributed by atoms with E-state index in [0.29, 0.717) is 6.42 Å². The van der Waals surface area contributed by atoms with E-state index in [0.717, 1.165) is 24.0 Å². The van der Waals surface area contributed by atoms with Gasteiger partial charge in [0.25, 0.3) is 0 Å². The van der Waals surface area contributed by atoms with Crippen molar-refractivity contribution in [3.63, 3.8) is 0 Å². The second kappa shape index (κ2) is 5.89. The molecule has 0 spiro atoms. The molecule has 0 amide bonds. The van der Waals surface area contributed by atoms with E-state index in [-0.39, 0.29) is 5.97 Å². The van der Waals surface area contributed by atoms with Crippen molar-refractivity contribution in [2.24, 2.45) is 0 Å². The number of esters is 1. The standard InChI is InChI=1S/C15H20N2O2/c1-17(2)7-6-12-10-16-14-5-4-11(8-13(12)14)9-15(18)19-3/h4-5,8,10,16H,6-7,9H2,1-3H3. The van der Waals surface area contributed by atoms with Gasteiger partial charge in [0.15, 0.2) is 0 Å². The molecule has 1 aromatic heterocycles. The number of carbonyl (C=O) groups excluding carboxylic acids is 1. The highest BCUT2D eigenvalue weighted by atomic mass is 16.5. The summed E-state index contributed by atoms with van der Waals surface area (Å²) in [7, 11) is 5.55. The molecule has 1 heterocycles. The maximum atomic E-state index is 11.3. The molecule has 4 nitrogen and oxygen atoms in total. The first-order valence-corrected chi connectivity index (χ1v) is 6.40. The fraction of sp³-hybridized carbons (Fsp3) is 0.400. The third-order valence-corrected chi connectivity index (χ3v) is 3.24. The predicted molar refractivity (Wildman–Crippen MR) is 76.3 cm³/mol. The molecule has 0 saturated heterocycles. The highest BCUT2D eigenvalue weighted by Gasteiger charge is 2.08. The van der Waals surface area contributed by atoms with E-state index in [1.165, 1.54) is 18.1 Å². The van der Waals surface area contributed by atoms with Crippen molar-refractivity contribution in [3.8, 4) is 0 Å². The van der Waals surface area contributed by atoms with Gasteiger partial charge in [0.2, 0.25) is 0 Å². The molecular formula is C15H20N2O2. The Bertz CT molecular complexity index is 573. The molecule has 102 valence electrons. The van der Waals surface area contributed by atoms with Gasteiger partial charge in [-0.25, -0.2) is 0 Å². The third kappa shape index (κ3) is 3.35. The number of fused-ring (bicyclic) bond motifs is 1. The first kappa shape index (κ1) is 13.6. The molecule has 0 bridgehead atoms. The molecule has 0 saturated carbocycles. The van der Waals surface area contributed by atoms with Crippen molar-refractivity contribution in [3.05, 3.63) is 35.5 Å². The average Bonchev–Trinajstić information content (AvgIpc) is 2.78. The first-order chi connectivity index (χ1) is 9.10. The van der Waals surface area contributed by atoms with E-state index < -0.39 is 0 Å². The summed E-state index contributed by atoms with van der Waals surface area (Å²) in [5.41, 5.74) is 3.39. The largest absolute Gasteiger partial charge is 0.469 e. The first-order valence-electron chi connectivity index (χ1n) is 6.40. The highest BCUT2D eigenvalue weighted by Crippen LogP contribution is 2.21. The molecule has 0 fully saturated rings. The van der Waals surface area contributed by atoms with Crippen LogP contribution in [0.5, 0.6) is 0 Å². The molecule has 0 unspecified atom stereocenters. The van der Waals surface area contributed by atoms with Crippen LogP contribution in [-0.2, 0) is 22.4 Å². The number of aromatic nitrogens is 1. The Morgan fingerprint density at radius 1 is 1.37 bits per heavy atom. The summed E-state index contributed by atoms with van der Waals surface area (Å²) >= 11 is 0. The van der Waals surface area contributed by atoms with E-state index in [4.69, 9.17) is 4.74 Å². The van der Waals surface area contributed by atoms with Gasteiger partial charge in [0.1, 0.15) is 0 Å². The fourth-order valence-corrected chi connectivity index (χ4v) is 2.13. The minimum absolute atomic E-state index is 0.204. The minimum Gasteiger partial charge on any atom is -0.469 e. The van der Waals surface area contributed by atoms with Gasteiger partial charge in [-0.3, -0.25) is 4.79 Å². The molecular weight excluding hydrogens is 240 g/mol. The lowest BCUT2D eigenvalue weighted by atomic mass is 10.1. The molecule has 19 heavy (non-hydrogen) atoms.